The average Bonchev–Trinajstić information content (AvgIpc) is 2.54. The van der Waals surface area contributed by atoms with E-state index in [-0.39, 0.29) is 28.6 Å². The number of phenols is 2. The van der Waals surface area contributed by atoms with Crippen LogP contribution in [0, 0.1) is 0 Å². The molecule has 0 bridgehead atoms. The number of hydrogen-bond donors (Lipinski definition) is 3. The monoisotopic (exact) mass is 316 g/mol. The number of aliphatic carboxylic acids is 1. The maximum atomic E-state index is 11.5. The van der Waals surface area contributed by atoms with Crippen LogP contribution in [0.1, 0.15) is 11.1 Å². The quantitative estimate of drug-likeness (QED) is 0.580. The molecular formula is C17H16O6. The van der Waals surface area contributed by atoms with Gasteiger partial charge in [0.2, 0.25) is 5.75 Å². The molecule has 0 heterocycles. The van der Waals surface area contributed by atoms with Gasteiger partial charge >= 0.3 is 5.97 Å². The van der Waals surface area contributed by atoms with Gasteiger partial charge in [-0.25, -0.2) is 4.79 Å². The lowest BCUT2D eigenvalue weighted by Gasteiger charge is -2.10. The van der Waals surface area contributed by atoms with Gasteiger partial charge in [0.15, 0.2) is 11.5 Å². The van der Waals surface area contributed by atoms with Crippen molar-refractivity contribution in [3.63, 3.8) is 0 Å². The number of carbonyl (C=O) groups is 1. The summed E-state index contributed by atoms with van der Waals surface area (Å²) in [5.74, 6) is -0.890. The number of methoxy groups -OCH3 is 2. The van der Waals surface area contributed by atoms with E-state index >= 15 is 0 Å². The Bertz CT molecular complexity index is 721. The van der Waals surface area contributed by atoms with Crippen molar-refractivity contribution in [2.75, 3.05) is 14.2 Å². The molecule has 2 aromatic carbocycles. The summed E-state index contributed by atoms with van der Waals surface area (Å²) < 4.78 is 10.1. The van der Waals surface area contributed by atoms with E-state index in [0.717, 1.165) is 0 Å². The van der Waals surface area contributed by atoms with Crippen molar-refractivity contribution in [1.29, 1.82) is 0 Å². The summed E-state index contributed by atoms with van der Waals surface area (Å²) in [6.45, 7) is 0. The number of ether oxygens (including phenoxy) is 2. The van der Waals surface area contributed by atoms with Gasteiger partial charge in [-0.3, -0.25) is 0 Å². The molecular weight excluding hydrogens is 300 g/mol. The number of carboxylic acid groups (broad SMARTS) is 1. The molecule has 0 spiro atoms. The Morgan fingerprint density at radius 2 is 1.52 bits per heavy atom. The van der Waals surface area contributed by atoms with Crippen LogP contribution in [-0.2, 0) is 4.79 Å². The third-order valence-electron chi connectivity index (χ3n) is 3.22. The first-order valence-corrected chi connectivity index (χ1v) is 6.65. The van der Waals surface area contributed by atoms with Crippen LogP contribution < -0.4 is 9.47 Å². The number of rotatable bonds is 5. The van der Waals surface area contributed by atoms with Crippen LogP contribution in [-0.4, -0.2) is 35.5 Å². The van der Waals surface area contributed by atoms with Crippen molar-refractivity contribution in [3.05, 3.63) is 47.5 Å². The van der Waals surface area contributed by atoms with E-state index in [1.165, 1.54) is 56.7 Å². The van der Waals surface area contributed by atoms with E-state index < -0.39 is 5.97 Å². The standard InChI is InChI=1S/C17H16O6/c1-22-14-8-10(9-15(23-2)16(14)19)7-13(17(20)21)11-3-5-12(18)6-4-11/h3-9,18-19H,1-2H3,(H,20,21)/b13-7-. The SMILES string of the molecule is COc1cc(/C=C(\C(=O)O)c2ccc(O)cc2)cc(OC)c1O. The van der Waals surface area contributed by atoms with E-state index in [1.54, 1.807) is 0 Å². The molecule has 0 aliphatic rings. The van der Waals surface area contributed by atoms with Crippen LogP contribution in [0.25, 0.3) is 11.6 Å². The minimum Gasteiger partial charge on any atom is -0.508 e. The maximum absolute atomic E-state index is 11.5. The minimum absolute atomic E-state index is 0.0276. The van der Waals surface area contributed by atoms with Gasteiger partial charge in [0.25, 0.3) is 0 Å². The summed E-state index contributed by atoms with van der Waals surface area (Å²) in [6, 6.07) is 8.82. The molecule has 3 N–H and O–H groups in total. The average molecular weight is 316 g/mol. The van der Waals surface area contributed by atoms with Crippen LogP contribution in [0.2, 0.25) is 0 Å². The van der Waals surface area contributed by atoms with Gasteiger partial charge in [-0.05, 0) is 41.5 Å². The Labute approximate surface area is 132 Å². The van der Waals surface area contributed by atoms with Crippen LogP contribution in [0.4, 0.5) is 0 Å². The van der Waals surface area contributed by atoms with Gasteiger partial charge in [-0.2, -0.15) is 0 Å². The molecule has 23 heavy (non-hydrogen) atoms. The first-order valence-electron chi connectivity index (χ1n) is 6.65. The van der Waals surface area contributed by atoms with Crippen LogP contribution in [0.5, 0.6) is 23.0 Å². The zero-order valence-electron chi connectivity index (χ0n) is 12.6. The van der Waals surface area contributed by atoms with E-state index in [2.05, 4.69) is 0 Å². The predicted octanol–water partition coefficient (Wildman–Crippen LogP) is 2.74. The van der Waals surface area contributed by atoms with Gasteiger partial charge in [-0.1, -0.05) is 12.1 Å². The summed E-state index contributed by atoms with van der Waals surface area (Å²) in [5, 5.41) is 28.6. The van der Waals surface area contributed by atoms with Gasteiger partial charge in [0, 0.05) is 0 Å². The van der Waals surface area contributed by atoms with Gasteiger partial charge in [-0.15, -0.1) is 0 Å². The van der Waals surface area contributed by atoms with Crippen molar-refractivity contribution >= 4 is 17.6 Å². The fourth-order valence-corrected chi connectivity index (χ4v) is 2.07. The lowest BCUT2D eigenvalue weighted by atomic mass is 10.0. The highest BCUT2D eigenvalue weighted by Crippen LogP contribution is 2.38. The smallest absolute Gasteiger partial charge is 0.336 e. The molecule has 0 atom stereocenters. The van der Waals surface area contributed by atoms with Gasteiger partial charge in [0.05, 0.1) is 19.8 Å². The van der Waals surface area contributed by atoms with Crippen molar-refractivity contribution in [2.45, 2.75) is 0 Å². The third-order valence-corrected chi connectivity index (χ3v) is 3.22. The van der Waals surface area contributed by atoms with Crippen molar-refractivity contribution in [3.8, 4) is 23.0 Å². The number of hydrogen-bond acceptors (Lipinski definition) is 5. The molecule has 120 valence electrons. The molecule has 0 amide bonds. The zero-order chi connectivity index (χ0) is 17.0. The second kappa shape index (κ2) is 6.74. The summed E-state index contributed by atoms with van der Waals surface area (Å²) in [7, 11) is 2.78. The molecule has 2 aromatic rings. The molecule has 6 nitrogen and oxygen atoms in total. The van der Waals surface area contributed by atoms with Gasteiger partial charge in [0.1, 0.15) is 5.75 Å². The summed E-state index contributed by atoms with van der Waals surface area (Å²) in [5.41, 5.74) is 0.947. The number of phenolic OH excluding ortho intramolecular Hbond substituents is 2. The Kier molecular flexibility index (Phi) is 4.75. The lowest BCUT2D eigenvalue weighted by Crippen LogP contribution is -1.99. The van der Waals surface area contributed by atoms with Crippen molar-refractivity contribution < 1.29 is 29.6 Å². The number of carboxylic acids is 1. The largest absolute Gasteiger partial charge is 0.508 e. The first kappa shape index (κ1) is 16.2. The molecule has 0 radical (unpaired) electrons. The second-order valence-electron chi connectivity index (χ2n) is 4.68. The molecule has 0 aliphatic carbocycles. The number of aromatic hydroxyl groups is 2. The third kappa shape index (κ3) is 3.55. The van der Waals surface area contributed by atoms with E-state index in [1.807, 2.05) is 0 Å². The Balaban J connectivity index is 2.56. The van der Waals surface area contributed by atoms with Crippen molar-refractivity contribution in [2.24, 2.45) is 0 Å². The summed E-state index contributed by atoms with van der Waals surface area (Å²) in [4.78, 5) is 11.5. The topological polar surface area (TPSA) is 96.2 Å². The Hall–Kier alpha value is -3.15. The number of benzene rings is 2. The summed E-state index contributed by atoms with van der Waals surface area (Å²) >= 11 is 0. The highest BCUT2D eigenvalue weighted by atomic mass is 16.5. The van der Waals surface area contributed by atoms with E-state index in [9.17, 15) is 20.1 Å². The van der Waals surface area contributed by atoms with Crippen LogP contribution in [0.3, 0.4) is 0 Å². The lowest BCUT2D eigenvalue weighted by molar-refractivity contribution is -0.130. The molecule has 0 saturated carbocycles. The molecule has 0 fully saturated rings. The van der Waals surface area contributed by atoms with Crippen LogP contribution in [0.15, 0.2) is 36.4 Å². The second-order valence-corrected chi connectivity index (χ2v) is 4.68. The van der Waals surface area contributed by atoms with Gasteiger partial charge < -0.3 is 24.8 Å². The highest BCUT2D eigenvalue weighted by Gasteiger charge is 2.14. The molecule has 0 aromatic heterocycles. The minimum atomic E-state index is -1.12. The first-order chi connectivity index (χ1) is 11.0. The molecule has 0 aliphatic heterocycles. The zero-order valence-corrected chi connectivity index (χ0v) is 12.6. The van der Waals surface area contributed by atoms with Crippen molar-refractivity contribution in [1.82, 2.24) is 0 Å². The fourth-order valence-electron chi connectivity index (χ4n) is 2.07. The van der Waals surface area contributed by atoms with Crippen LogP contribution >= 0.6 is 0 Å². The van der Waals surface area contributed by atoms with E-state index in [0.29, 0.717) is 11.1 Å². The Morgan fingerprint density at radius 1 is 1.00 bits per heavy atom. The molecule has 2 rings (SSSR count). The molecule has 6 heteroatoms. The highest BCUT2D eigenvalue weighted by molar-refractivity contribution is 6.20. The normalized spacial score (nSPS) is 11.1. The maximum Gasteiger partial charge on any atom is 0.336 e. The predicted molar refractivity (Wildman–Crippen MR) is 84.8 cm³/mol. The molecule has 0 saturated heterocycles. The Morgan fingerprint density at radius 3 is 1.96 bits per heavy atom. The van der Waals surface area contributed by atoms with E-state index in [4.69, 9.17) is 9.47 Å². The summed E-state index contributed by atoms with van der Waals surface area (Å²) in [6.07, 6.45) is 1.43. The fraction of sp³-hybridized carbons (Fsp3) is 0.118. The molecule has 0 unspecified atom stereocenters.